The molecule has 0 aromatic heterocycles. The van der Waals surface area contributed by atoms with Gasteiger partial charge in [0.25, 0.3) is 0 Å². The Hall–Kier alpha value is -1.10. The minimum Gasteiger partial charge on any atom is -0.481 e. The summed E-state index contributed by atoms with van der Waals surface area (Å²) in [7, 11) is 0. The first kappa shape index (κ1) is 15.0. The van der Waals surface area contributed by atoms with Crippen LogP contribution in [0.1, 0.15) is 39.0 Å². The van der Waals surface area contributed by atoms with Crippen molar-refractivity contribution in [2.75, 3.05) is 19.8 Å². The highest BCUT2D eigenvalue weighted by Gasteiger charge is 2.37. The van der Waals surface area contributed by atoms with Gasteiger partial charge in [0.2, 0.25) is 5.91 Å². The van der Waals surface area contributed by atoms with E-state index in [9.17, 15) is 9.59 Å². The van der Waals surface area contributed by atoms with E-state index in [1.54, 1.807) is 0 Å². The number of nitrogens with one attached hydrogen (secondary N) is 1. The van der Waals surface area contributed by atoms with E-state index in [1.807, 2.05) is 6.92 Å². The van der Waals surface area contributed by atoms with Crippen LogP contribution in [0.25, 0.3) is 0 Å². The number of carbonyl (C=O) groups excluding carboxylic acids is 1. The fourth-order valence-corrected chi connectivity index (χ4v) is 2.33. The third-order valence-electron chi connectivity index (χ3n) is 3.28. The van der Waals surface area contributed by atoms with E-state index in [4.69, 9.17) is 9.84 Å². The topological polar surface area (TPSA) is 75.6 Å². The van der Waals surface area contributed by atoms with Crippen LogP contribution in [0.2, 0.25) is 0 Å². The summed E-state index contributed by atoms with van der Waals surface area (Å²) in [6.07, 6.45) is 3.90. The van der Waals surface area contributed by atoms with Gasteiger partial charge in [0.1, 0.15) is 0 Å². The molecule has 1 amide bonds. The summed E-state index contributed by atoms with van der Waals surface area (Å²) in [4.78, 5) is 22.8. The summed E-state index contributed by atoms with van der Waals surface area (Å²) in [5.74, 6) is -1.81. The summed E-state index contributed by atoms with van der Waals surface area (Å²) in [6.45, 7) is 4.00. The monoisotopic (exact) mass is 257 g/mol. The second-order valence-corrected chi connectivity index (χ2v) is 4.74. The van der Waals surface area contributed by atoms with E-state index in [1.165, 1.54) is 0 Å². The Labute approximate surface area is 108 Å². The summed E-state index contributed by atoms with van der Waals surface area (Å²) in [5.41, 5.74) is 0. The Kier molecular flexibility index (Phi) is 6.72. The molecule has 0 bridgehead atoms. The molecule has 0 heterocycles. The van der Waals surface area contributed by atoms with Crippen LogP contribution < -0.4 is 5.32 Å². The number of aliphatic carboxylic acids is 1. The van der Waals surface area contributed by atoms with Gasteiger partial charge in [0, 0.05) is 19.8 Å². The average Bonchev–Trinajstić information content (AvgIpc) is 2.82. The molecule has 0 saturated heterocycles. The van der Waals surface area contributed by atoms with Crippen LogP contribution in [0.15, 0.2) is 0 Å². The van der Waals surface area contributed by atoms with Crippen molar-refractivity contribution in [2.45, 2.75) is 39.0 Å². The summed E-state index contributed by atoms with van der Waals surface area (Å²) >= 11 is 0. The highest BCUT2D eigenvalue weighted by Crippen LogP contribution is 2.31. The van der Waals surface area contributed by atoms with E-state index >= 15 is 0 Å². The Morgan fingerprint density at radius 2 is 2.00 bits per heavy atom. The lowest BCUT2D eigenvalue weighted by Gasteiger charge is -2.15. The molecular weight excluding hydrogens is 234 g/mol. The average molecular weight is 257 g/mol. The molecule has 5 heteroatoms. The Balaban J connectivity index is 2.18. The van der Waals surface area contributed by atoms with Crippen molar-refractivity contribution in [3.05, 3.63) is 0 Å². The lowest BCUT2D eigenvalue weighted by molar-refractivity contribution is -0.146. The van der Waals surface area contributed by atoms with Crippen molar-refractivity contribution in [1.29, 1.82) is 0 Å². The van der Waals surface area contributed by atoms with Crippen molar-refractivity contribution in [3.63, 3.8) is 0 Å². The highest BCUT2D eigenvalue weighted by atomic mass is 16.5. The van der Waals surface area contributed by atoms with Crippen LogP contribution in [-0.2, 0) is 14.3 Å². The maximum Gasteiger partial charge on any atom is 0.307 e. The minimum absolute atomic E-state index is 0.115. The molecule has 1 aliphatic rings. The molecule has 104 valence electrons. The number of carboxylic acids is 1. The molecule has 1 aliphatic carbocycles. The van der Waals surface area contributed by atoms with Gasteiger partial charge in [-0.1, -0.05) is 13.3 Å². The molecule has 1 rings (SSSR count). The first-order chi connectivity index (χ1) is 8.66. The number of amides is 1. The molecule has 1 fully saturated rings. The van der Waals surface area contributed by atoms with Crippen molar-refractivity contribution >= 4 is 11.9 Å². The second-order valence-electron chi connectivity index (χ2n) is 4.74. The molecule has 2 unspecified atom stereocenters. The molecule has 0 aromatic rings. The SMILES string of the molecule is CCCOCCCNC(=O)C1CCCC1C(=O)O. The lowest BCUT2D eigenvalue weighted by Crippen LogP contribution is -2.36. The number of carboxylic acid groups (broad SMARTS) is 1. The summed E-state index contributed by atoms with van der Waals surface area (Å²) in [5, 5.41) is 11.8. The molecule has 0 aromatic carbocycles. The van der Waals surface area contributed by atoms with Gasteiger partial charge in [-0.25, -0.2) is 0 Å². The van der Waals surface area contributed by atoms with Crippen LogP contribution in [0.3, 0.4) is 0 Å². The first-order valence-electron chi connectivity index (χ1n) is 6.75. The van der Waals surface area contributed by atoms with Gasteiger partial charge in [-0.3, -0.25) is 9.59 Å². The Morgan fingerprint density at radius 1 is 1.28 bits per heavy atom. The lowest BCUT2D eigenvalue weighted by atomic mass is 9.95. The zero-order valence-electron chi connectivity index (χ0n) is 11.0. The fourth-order valence-electron chi connectivity index (χ4n) is 2.33. The summed E-state index contributed by atoms with van der Waals surface area (Å²) < 4.78 is 5.30. The van der Waals surface area contributed by atoms with Gasteiger partial charge in [-0.05, 0) is 25.7 Å². The van der Waals surface area contributed by atoms with Crippen molar-refractivity contribution in [1.82, 2.24) is 5.32 Å². The second kappa shape index (κ2) is 8.08. The van der Waals surface area contributed by atoms with E-state index in [-0.39, 0.29) is 11.8 Å². The van der Waals surface area contributed by atoms with Gasteiger partial charge in [0.05, 0.1) is 11.8 Å². The van der Waals surface area contributed by atoms with Gasteiger partial charge < -0.3 is 15.2 Å². The standard InChI is InChI=1S/C13H23NO4/c1-2-8-18-9-4-7-14-12(15)10-5-3-6-11(10)13(16)17/h10-11H,2-9H2,1H3,(H,14,15)(H,16,17). The number of hydrogen-bond acceptors (Lipinski definition) is 3. The Morgan fingerprint density at radius 3 is 2.67 bits per heavy atom. The van der Waals surface area contributed by atoms with Crippen LogP contribution in [-0.4, -0.2) is 36.7 Å². The van der Waals surface area contributed by atoms with Crippen LogP contribution >= 0.6 is 0 Å². The summed E-state index contributed by atoms with van der Waals surface area (Å²) in [6, 6.07) is 0. The predicted octanol–water partition coefficient (Wildman–Crippen LogP) is 1.42. The predicted molar refractivity (Wildman–Crippen MR) is 67.2 cm³/mol. The fraction of sp³-hybridized carbons (Fsp3) is 0.846. The normalized spacial score (nSPS) is 22.9. The smallest absolute Gasteiger partial charge is 0.307 e. The number of rotatable bonds is 8. The maximum absolute atomic E-state index is 11.8. The van der Waals surface area contributed by atoms with Gasteiger partial charge >= 0.3 is 5.97 Å². The molecule has 2 atom stereocenters. The zero-order chi connectivity index (χ0) is 13.4. The van der Waals surface area contributed by atoms with Crippen molar-refractivity contribution in [3.8, 4) is 0 Å². The number of carbonyl (C=O) groups is 2. The zero-order valence-corrected chi connectivity index (χ0v) is 11.0. The molecule has 1 saturated carbocycles. The van der Waals surface area contributed by atoms with Crippen LogP contribution in [0.4, 0.5) is 0 Å². The molecule has 0 spiro atoms. The van der Waals surface area contributed by atoms with Crippen LogP contribution in [0.5, 0.6) is 0 Å². The number of ether oxygens (including phenoxy) is 1. The molecule has 5 nitrogen and oxygen atoms in total. The quantitative estimate of drug-likeness (QED) is 0.645. The van der Waals surface area contributed by atoms with Gasteiger partial charge in [0.15, 0.2) is 0 Å². The molecular formula is C13H23NO4. The van der Waals surface area contributed by atoms with Gasteiger partial charge in [-0.15, -0.1) is 0 Å². The molecule has 2 N–H and O–H groups in total. The maximum atomic E-state index is 11.8. The number of hydrogen-bond donors (Lipinski definition) is 2. The third kappa shape index (κ3) is 4.64. The van der Waals surface area contributed by atoms with E-state index in [2.05, 4.69) is 5.32 Å². The molecule has 18 heavy (non-hydrogen) atoms. The van der Waals surface area contributed by atoms with Crippen molar-refractivity contribution < 1.29 is 19.4 Å². The largest absolute Gasteiger partial charge is 0.481 e. The minimum atomic E-state index is -0.848. The van der Waals surface area contributed by atoms with Gasteiger partial charge in [-0.2, -0.15) is 0 Å². The third-order valence-corrected chi connectivity index (χ3v) is 3.28. The van der Waals surface area contributed by atoms with E-state index in [0.29, 0.717) is 26.0 Å². The van der Waals surface area contributed by atoms with Crippen LogP contribution in [0, 0.1) is 11.8 Å². The van der Waals surface area contributed by atoms with E-state index in [0.717, 1.165) is 25.9 Å². The highest BCUT2D eigenvalue weighted by molar-refractivity contribution is 5.85. The molecule has 0 radical (unpaired) electrons. The van der Waals surface area contributed by atoms with E-state index < -0.39 is 11.9 Å². The molecule has 0 aliphatic heterocycles. The first-order valence-corrected chi connectivity index (χ1v) is 6.75. The van der Waals surface area contributed by atoms with Crippen molar-refractivity contribution in [2.24, 2.45) is 11.8 Å². The Bertz CT molecular complexity index is 280.